The zero-order valence-corrected chi connectivity index (χ0v) is 9.81. The minimum absolute atomic E-state index is 0.154. The van der Waals surface area contributed by atoms with Crippen LogP contribution in [0.4, 0.5) is 4.39 Å². The molecule has 1 aromatic rings. The van der Waals surface area contributed by atoms with Gasteiger partial charge in [0.1, 0.15) is 5.82 Å². The van der Waals surface area contributed by atoms with Crippen LogP contribution in [0.15, 0.2) is 18.2 Å². The van der Waals surface area contributed by atoms with Crippen LogP contribution in [0, 0.1) is 12.7 Å². The molecular formula is C13H20FN. The molecule has 15 heavy (non-hydrogen) atoms. The van der Waals surface area contributed by atoms with Gasteiger partial charge in [0.15, 0.2) is 0 Å². The molecule has 0 amide bonds. The summed E-state index contributed by atoms with van der Waals surface area (Å²) in [6.45, 7) is 7.14. The maximum Gasteiger partial charge on any atom is 0.123 e. The van der Waals surface area contributed by atoms with Crippen molar-refractivity contribution in [3.63, 3.8) is 0 Å². The van der Waals surface area contributed by atoms with Gasteiger partial charge in [-0.25, -0.2) is 4.39 Å². The summed E-state index contributed by atoms with van der Waals surface area (Å²) in [5, 5.41) is 3.47. The predicted octanol–water partition coefficient (Wildman–Crippen LogP) is 3.41. The standard InChI is InChI=1S/C13H20FN/c1-4-13(5-2)15-9-11-6-7-12(14)8-10(11)3/h6-8,13,15H,4-5,9H2,1-3H3. The second-order valence-electron chi connectivity index (χ2n) is 3.97. The maximum absolute atomic E-state index is 12.9. The quantitative estimate of drug-likeness (QED) is 0.783. The Morgan fingerprint density at radius 2 is 1.93 bits per heavy atom. The first kappa shape index (κ1) is 12.2. The molecule has 1 rings (SSSR count). The SMILES string of the molecule is CCC(CC)NCc1ccc(F)cc1C. The zero-order chi connectivity index (χ0) is 11.3. The Morgan fingerprint density at radius 3 is 2.47 bits per heavy atom. The minimum Gasteiger partial charge on any atom is -0.310 e. The molecule has 0 unspecified atom stereocenters. The van der Waals surface area contributed by atoms with E-state index in [0.717, 1.165) is 24.9 Å². The lowest BCUT2D eigenvalue weighted by molar-refractivity contribution is 0.483. The average Bonchev–Trinajstić information content (AvgIpc) is 2.22. The smallest absolute Gasteiger partial charge is 0.123 e. The van der Waals surface area contributed by atoms with Crippen LogP contribution in [0.5, 0.6) is 0 Å². The van der Waals surface area contributed by atoms with Crippen molar-refractivity contribution < 1.29 is 4.39 Å². The molecule has 0 aliphatic carbocycles. The van der Waals surface area contributed by atoms with Gasteiger partial charge in [-0.1, -0.05) is 19.9 Å². The largest absolute Gasteiger partial charge is 0.310 e. The molecule has 0 spiro atoms. The normalized spacial score (nSPS) is 11.0. The number of rotatable bonds is 5. The third kappa shape index (κ3) is 3.63. The Morgan fingerprint density at radius 1 is 1.27 bits per heavy atom. The van der Waals surface area contributed by atoms with E-state index in [9.17, 15) is 4.39 Å². The van der Waals surface area contributed by atoms with Crippen LogP contribution in [-0.2, 0) is 6.54 Å². The molecule has 0 saturated carbocycles. The van der Waals surface area contributed by atoms with Crippen molar-refractivity contribution in [1.82, 2.24) is 5.32 Å². The van der Waals surface area contributed by atoms with Crippen LogP contribution in [0.2, 0.25) is 0 Å². The van der Waals surface area contributed by atoms with Gasteiger partial charge in [0.05, 0.1) is 0 Å². The van der Waals surface area contributed by atoms with Gasteiger partial charge in [0.25, 0.3) is 0 Å². The molecule has 0 aliphatic rings. The monoisotopic (exact) mass is 209 g/mol. The number of nitrogens with one attached hydrogen (secondary N) is 1. The van der Waals surface area contributed by atoms with Crippen molar-refractivity contribution in [2.45, 2.75) is 46.2 Å². The van der Waals surface area contributed by atoms with Gasteiger partial charge in [0, 0.05) is 12.6 Å². The van der Waals surface area contributed by atoms with Crippen molar-refractivity contribution in [3.8, 4) is 0 Å². The molecule has 0 radical (unpaired) electrons. The van der Waals surface area contributed by atoms with E-state index in [2.05, 4.69) is 19.2 Å². The summed E-state index contributed by atoms with van der Waals surface area (Å²) in [7, 11) is 0. The summed E-state index contributed by atoms with van der Waals surface area (Å²) in [6, 6.07) is 5.54. The minimum atomic E-state index is -0.154. The van der Waals surface area contributed by atoms with Crippen LogP contribution >= 0.6 is 0 Å². The second-order valence-corrected chi connectivity index (χ2v) is 3.97. The maximum atomic E-state index is 12.9. The molecule has 0 aliphatic heterocycles. The van der Waals surface area contributed by atoms with Gasteiger partial charge in [-0.15, -0.1) is 0 Å². The number of halogens is 1. The lowest BCUT2D eigenvalue weighted by atomic mass is 10.1. The van der Waals surface area contributed by atoms with E-state index in [-0.39, 0.29) is 5.82 Å². The summed E-state index contributed by atoms with van der Waals surface area (Å²) >= 11 is 0. The highest BCUT2D eigenvalue weighted by atomic mass is 19.1. The number of aryl methyl sites for hydroxylation is 1. The van der Waals surface area contributed by atoms with Crippen molar-refractivity contribution in [3.05, 3.63) is 35.1 Å². The summed E-state index contributed by atoms with van der Waals surface area (Å²) in [6.07, 6.45) is 2.27. The lowest BCUT2D eigenvalue weighted by Gasteiger charge is -2.15. The Bertz CT molecular complexity index is 305. The number of benzene rings is 1. The third-order valence-corrected chi connectivity index (χ3v) is 2.87. The first-order valence-electron chi connectivity index (χ1n) is 5.65. The molecule has 1 nitrogen and oxygen atoms in total. The Labute approximate surface area is 91.7 Å². The van der Waals surface area contributed by atoms with Crippen molar-refractivity contribution >= 4 is 0 Å². The summed E-state index contributed by atoms with van der Waals surface area (Å²) in [5.74, 6) is -0.154. The van der Waals surface area contributed by atoms with Crippen LogP contribution in [0.1, 0.15) is 37.8 Å². The Balaban J connectivity index is 2.57. The molecular weight excluding hydrogens is 189 g/mol. The summed E-state index contributed by atoms with van der Waals surface area (Å²) in [5.41, 5.74) is 2.21. The first-order chi connectivity index (χ1) is 7.17. The third-order valence-electron chi connectivity index (χ3n) is 2.87. The first-order valence-corrected chi connectivity index (χ1v) is 5.65. The zero-order valence-electron chi connectivity index (χ0n) is 9.81. The van der Waals surface area contributed by atoms with Crippen molar-refractivity contribution in [2.24, 2.45) is 0 Å². The molecule has 0 saturated heterocycles. The van der Waals surface area contributed by atoms with Gasteiger partial charge >= 0.3 is 0 Å². The predicted molar refractivity (Wildman–Crippen MR) is 62.3 cm³/mol. The Kier molecular flexibility index (Phi) is 4.76. The van der Waals surface area contributed by atoms with E-state index in [4.69, 9.17) is 0 Å². The molecule has 84 valence electrons. The molecule has 1 N–H and O–H groups in total. The average molecular weight is 209 g/mol. The lowest BCUT2D eigenvalue weighted by Crippen LogP contribution is -2.27. The highest BCUT2D eigenvalue weighted by molar-refractivity contribution is 5.26. The fourth-order valence-electron chi connectivity index (χ4n) is 1.69. The summed E-state index contributed by atoms with van der Waals surface area (Å²) < 4.78 is 12.9. The van der Waals surface area contributed by atoms with Crippen LogP contribution < -0.4 is 5.32 Å². The second kappa shape index (κ2) is 5.86. The number of hydrogen-bond donors (Lipinski definition) is 1. The topological polar surface area (TPSA) is 12.0 Å². The van der Waals surface area contributed by atoms with E-state index in [1.54, 1.807) is 6.07 Å². The molecule has 0 fully saturated rings. The van der Waals surface area contributed by atoms with E-state index in [1.165, 1.54) is 11.6 Å². The Hall–Kier alpha value is -0.890. The van der Waals surface area contributed by atoms with Gasteiger partial charge in [-0.05, 0) is 43.0 Å². The van der Waals surface area contributed by atoms with E-state index in [0.29, 0.717) is 6.04 Å². The van der Waals surface area contributed by atoms with Gasteiger partial charge in [0.2, 0.25) is 0 Å². The summed E-state index contributed by atoms with van der Waals surface area (Å²) in [4.78, 5) is 0. The van der Waals surface area contributed by atoms with Crippen LogP contribution in [-0.4, -0.2) is 6.04 Å². The fourth-order valence-corrected chi connectivity index (χ4v) is 1.69. The van der Waals surface area contributed by atoms with E-state index >= 15 is 0 Å². The highest BCUT2D eigenvalue weighted by Gasteiger charge is 2.04. The van der Waals surface area contributed by atoms with Crippen LogP contribution in [0.3, 0.4) is 0 Å². The molecule has 0 atom stereocenters. The highest BCUT2D eigenvalue weighted by Crippen LogP contribution is 2.10. The molecule has 0 bridgehead atoms. The molecule has 1 aromatic carbocycles. The number of hydrogen-bond acceptors (Lipinski definition) is 1. The van der Waals surface area contributed by atoms with Crippen LogP contribution in [0.25, 0.3) is 0 Å². The van der Waals surface area contributed by atoms with E-state index < -0.39 is 0 Å². The van der Waals surface area contributed by atoms with Crippen molar-refractivity contribution in [2.75, 3.05) is 0 Å². The van der Waals surface area contributed by atoms with E-state index in [1.807, 2.05) is 13.0 Å². The fraction of sp³-hybridized carbons (Fsp3) is 0.538. The van der Waals surface area contributed by atoms with Gasteiger partial charge in [-0.3, -0.25) is 0 Å². The molecule has 0 aromatic heterocycles. The molecule has 0 heterocycles. The van der Waals surface area contributed by atoms with Gasteiger partial charge < -0.3 is 5.32 Å². The van der Waals surface area contributed by atoms with Gasteiger partial charge in [-0.2, -0.15) is 0 Å². The molecule has 2 heteroatoms. The van der Waals surface area contributed by atoms with Crippen molar-refractivity contribution in [1.29, 1.82) is 0 Å².